The summed E-state index contributed by atoms with van der Waals surface area (Å²) < 4.78 is 0. The zero-order valence-electron chi connectivity index (χ0n) is 11.5. The normalized spacial score (nSPS) is 34.3. The van der Waals surface area contributed by atoms with Gasteiger partial charge >= 0.3 is 0 Å². The van der Waals surface area contributed by atoms with Crippen molar-refractivity contribution >= 4 is 6.21 Å². The smallest absolute Gasteiger partial charge is 0.0437 e. The number of hydrogen-bond acceptors (Lipinski definition) is 1. The van der Waals surface area contributed by atoms with Crippen LogP contribution in [-0.2, 0) is 0 Å². The predicted octanol–water partition coefficient (Wildman–Crippen LogP) is 4.66. The second kappa shape index (κ2) is 4.08. The molecule has 1 aromatic rings. The monoisotopic (exact) mass is 239 g/mol. The quantitative estimate of drug-likeness (QED) is 0.675. The Morgan fingerprint density at radius 3 is 2.50 bits per heavy atom. The maximum absolute atomic E-state index is 4.60. The van der Waals surface area contributed by atoms with Crippen molar-refractivity contribution in [2.24, 2.45) is 10.4 Å². The van der Waals surface area contributed by atoms with Crippen LogP contribution in [0.3, 0.4) is 0 Å². The molecule has 1 nitrogen and oxygen atoms in total. The Hall–Kier alpha value is -1.37. The average Bonchev–Trinajstić information content (AvgIpc) is 2.84. The van der Waals surface area contributed by atoms with Gasteiger partial charge in [-0.2, -0.15) is 0 Å². The van der Waals surface area contributed by atoms with Gasteiger partial charge in [-0.25, -0.2) is 0 Å². The lowest BCUT2D eigenvalue weighted by Gasteiger charge is -2.19. The maximum atomic E-state index is 4.60. The largest absolute Gasteiger partial charge is 0.265 e. The van der Waals surface area contributed by atoms with E-state index in [2.05, 4.69) is 48.5 Å². The van der Waals surface area contributed by atoms with Gasteiger partial charge in [0.2, 0.25) is 0 Å². The summed E-state index contributed by atoms with van der Waals surface area (Å²) in [4.78, 5) is 4.60. The van der Waals surface area contributed by atoms with Gasteiger partial charge in [-0.05, 0) is 29.4 Å². The molecule has 2 aliphatic carbocycles. The van der Waals surface area contributed by atoms with Gasteiger partial charge < -0.3 is 0 Å². The van der Waals surface area contributed by atoms with Crippen LogP contribution in [0.2, 0.25) is 0 Å². The lowest BCUT2D eigenvalue weighted by molar-refractivity contribution is 0.507. The van der Waals surface area contributed by atoms with Crippen LogP contribution in [0.25, 0.3) is 0 Å². The molecular weight excluding hydrogens is 218 g/mol. The molecule has 0 bridgehead atoms. The van der Waals surface area contributed by atoms with E-state index in [-0.39, 0.29) is 0 Å². The molecule has 3 aliphatic rings. The van der Waals surface area contributed by atoms with Crippen LogP contribution < -0.4 is 0 Å². The first-order chi connectivity index (χ1) is 8.84. The lowest BCUT2D eigenvalue weighted by atomic mass is 9.86. The van der Waals surface area contributed by atoms with Crippen LogP contribution in [0, 0.1) is 5.41 Å². The Kier molecular flexibility index (Phi) is 2.65. The van der Waals surface area contributed by atoms with E-state index in [1.807, 2.05) is 13.8 Å². The molecule has 1 aliphatic heterocycles. The number of fused-ring (bicyclic) bond motifs is 3. The third kappa shape index (κ3) is 1.31. The third-order valence-electron chi connectivity index (χ3n) is 4.74. The van der Waals surface area contributed by atoms with E-state index in [1.54, 1.807) is 11.1 Å². The Balaban J connectivity index is 0.000000478. The highest BCUT2D eigenvalue weighted by molar-refractivity contribution is 5.67. The summed E-state index contributed by atoms with van der Waals surface area (Å²) in [6, 6.07) is 8.95. The van der Waals surface area contributed by atoms with Gasteiger partial charge in [0, 0.05) is 23.7 Å². The summed E-state index contributed by atoms with van der Waals surface area (Å²) in [6.45, 7) is 6.38. The number of aliphatic imine (C=N–C) groups is 1. The highest BCUT2D eigenvalue weighted by Gasteiger charge is 2.65. The van der Waals surface area contributed by atoms with Gasteiger partial charge in [0.15, 0.2) is 0 Å². The highest BCUT2D eigenvalue weighted by Crippen LogP contribution is 2.76. The lowest BCUT2D eigenvalue weighted by Crippen LogP contribution is -2.09. The number of hydrogen-bond donors (Lipinski definition) is 0. The minimum atomic E-state index is 0.372. The molecule has 1 fully saturated rings. The van der Waals surface area contributed by atoms with Gasteiger partial charge in [-0.15, -0.1) is 0 Å². The summed E-state index contributed by atoms with van der Waals surface area (Å²) in [5.41, 5.74) is 4.87. The molecule has 18 heavy (non-hydrogen) atoms. The second-order valence-corrected chi connectivity index (χ2v) is 5.28. The Morgan fingerprint density at radius 2 is 1.89 bits per heavy atom. The van der Waals surface area contributed by atoms with E-state index in [0.29, 0.717) is 11.3 Å². The first-order valence-corrected chi connectivity index (χ1v) is 7.16. The fourth-order valence-electron chi connectivity index (χ4n) is 3.83. The second-order valence-electron chi connectivity index (χ2n) is 5.28. The van der Waals surface area contributed by atoms with Crippen molar-refractivity contribution in [1.82, 2.24) is 0 Å². The van der Waals surface area contributed by atoms with Gasteiger partial charge in [-0.1, -0.05) is 51.1 Å². The van der Waals surface area contributed by atoms with Crippen LogP contribution in [0.4, 0.5) is 0 Å². The third-order valence-corrected chi connectivity index (χ3v) is 4.74. The molecule has 0 radical (unpaired) electrons. The van der Waals surface area contributed by atoms with E-state index in [4.69, 9.17) is 0 Å². The number of rotatable bonds is 1. The standard InChI is InChI=1S/C15H15N.C2H6/c1-10-11-5-2-3-6-12(11)13-9-15(10,13)14-7-4-8-16-14;1-2/h2-3,5-8,10,13H,4,9H2,1H3;1-2H3. The topological polar surface area (TPSA) is 12.4 Å². The molecule has 0 N–H and O–H groups in total. The van der Waals surface area contributed by atoms with Gasteiger partial charge in [-0.3, -0.25) is 4.99 Å². The highest BCUT2D eigenvalue weighted by atomic mass is 14.9. The Labute approximate surface area is 110 Å². The minimum absolute atomic E-state index is 0.372. The zero-order valence-corrected chi connectivity index (χ0v) is 11.5. The molecule has 3 atom stereocenters. The van der Waals surface area contributed by atoms with Crippen molar-refractivity contribution < 1.29 is 0 Å². The fraction of sp³-hybridized carbons (Fsp3) is 0.471. The van der Waals surface area contributed by atoms with E-state index in [9.17, 15) is 0 Å². The molecule has 1 heterocycles. The van der Waals surface area contributed by atoms with E-state index >= 15 is 0 Å². The number of allylic oxidation sites excluding steroid dienone is 2. The molecule has 0 aromatic heterocycles. The Morgan fingerprint density at radius 1 is 1.17 bits per heavy atom. The van der Waals surface area contributed by atoms with Crippen LogP contribution in [-0.4, -0.2) is 6.21 Å². The summed E-state index contributed by atoms with van der Waals surface area (Å²) in [5.74, 6) is 1.40. The van der Waals surface area contributed by atoms with Crippen LogP contribution in [0.15, 0.2) is 41.0 Å². The summed E-state index contributed by atoms with van der Waals surface area (Å²) in [6.07, 6.45) is 6.72. The summed E-state index contributed by atoms with van der Waals surface area (Å²) in [5, 5.41) is 0. The van der Waals surface area contributed by atoms with E-state index in [1.165, 1.54) is 12.1 Å². The van der Waals surface area contributed by atoms with Crippen molar-refractivity contribution in [2.75, 3.05) is 0 Å². The maximum Gasteiger partial charge on any atom is 0.0437 e. The van der Waals surface area contributed by atoms with Crippen molar-refractivity contribution in [1.29, 1.82) is 0 Å². The first-order valence-electron chi connectivity index (χ1n) is 7.16. The molecule has 4 rings (SSSR count). The van der Waals surface area contributed by atoms with E-state index in [0.717, 1.165) is 12.3 Å². The minimum Gasteiger partial charge on any atom is -0.265 e. The molecule has 0 spiro atoms. The average molecular weight is 239 g/mol. The fourth-order valence-corrected chi connectivity index (χ4v) is 3.83. The first kappa shape index (κ1) is 11.7. The Bertz CT molecular complexity index is 511. The summed E-state index contributed by atoms with van der Waals surface area (Å²) >= 11 is 0. The zero-order chi connectivity index (χ0) is 12.8. The number of nitrogens with zero attached hydrogens (tertiary/aromatic N) is 1. The van der Waals surface area contributed by atoms with Crippen LogP contribution >= 0.6 is 0 Å². The number of benzene rings is 1. The van der Waals surface area contributed by atoms with Gasteiger partial charge in [0.05, 0.1) is 0 Å². The van der Waals surface area contributed by atoms with Crippen molar-refractivity contribution in [3.05, 3.63) is 47.2 Å². The molecule has 1 saturated carbocycles. The molecule has 3 unspecified atom stereocenters. The molecule has 94 valence electrons. The molecule has 1 aromatic carbocycles. The molecule has 0 saturated heterocycles. The van der Waals surface area contributed by atoms with Crippen molar-refractivity contribution in [3.63, 3.8) is 0 Å². The molecular formula is C17H21N. The van der Waals surface area contributed by atoms with Crippen LogP contribution in [0.5, 0.6) is 0 Å². The summed E-state index contributed by atoms with van der Waals surface area (Å²) in [7, 11) is 0. The molecule has 1 heteroatoms. The van der Waals surface area contributed by atoms with Gasteiger partial charge in [0.1, 0.15) is 0 Å². The predicted molar refractivity (Wildman–Crippen MR) is 77.2 cm³/mol. The van der Waals surface area contributed by atoms with Crippen molar-refractivity contribution in [3.8, 4) is 0 Å². The van der Waals surface area contributed by atoms with E-state index < -0.39 is 0 Å². The van der Waals surface area contributed by atoms with Gasteiger partial charge in [0.25, 0.3) is 0 Å². The van der Waals surface area contributed by atoms with Crippen molar-refractivity contribution in [2.45, 2.75) is 45.4 Å². The van der Waals surface area contributed by atoms with Crippen LogP contribution in [0.1, 0.15) is 56.6 Å². The molecule has 0 amide bonds. The SMILES string of the molecule is CC.CC1c2ccccc2C2CC12C1=CCC=N1.